The molecule has 3 aromatic rings. The molecule has 45 heavy (non-hydrogen) atoms. The molecule has 0 bridgehead atoms. The molecule has 1 spiro atoms. The van der Waals surface area contributed by atoms with E-state index in [1.54, 1.807) is 11.1 Å². The van der Waals surface area contributed by atoms with Gasteiger partial charge in [-0.2, -0.15) is 4.58 Å². The van der Waals surface area contributed by atoms with Gasteiger partial charge < -0.3 is 4.90 Å². The van der Waals surface area contributed by atoms with E-state index in [2.05, 4.69) is 108 Å². The Balaban J connectivity index is 1.26. The third-order valence-electron chi connectivity index (χ3n) is 11.8. The monoisotopic (exact) mass is 617 g/mol. The third kappa shape index (κ3) is 5.52. The smallest absolute Gasteiger partial charge is 0.209 e. The van der Waals surface area contributed by atoms with Crippen LogP contribution in [0.3, 0.4) is 0 Å². The van der Waals surface area contributed by atoms with Gasteiger partial charge in [0.2, 0.25) is 5.69 Å². The molecule has 4 aliphatic rings. The third-order valence-corrected chi connectivity index (χ3v) is 12.0. The minimum Gasteiger partial charge on any atom is -0.347 e. The Morgan fingerprint density at radius 2 is 1.62 bits per heavy atom. The summed E-state index contributed by atoms with van der Waals surface area (Å²) in [6.45, 7) is 3.51. The second-order valence-corrected chi connectivity index (χ2v) is 14.7. The molecule has 2 fully saturated rings. The quantitative estimate of drug-likeness (QED) is 0.171. The minimum atomic E-state index is -0.157. The van der Waals surface area contributed by atoms with Gasteiger partial charge in [0.15, 0.2) is 5.71 Å². The van der Waals surface area contributed by atoms with E-state index < -0.39 is 0 Å². The van der Waals surface area contributed by atoms with Crippen LogP contribution in [0.25, 0.3) is 10.8 Å². The maximum Gasteiger partial charge on any atom is 0.209 e. The summed E-state index contributed by atoms with van der Waals surface area (Å²) < 4.78 is 2.72. The highest BCUT2D eigenvalue weighted by atomic mass is 35.5. The molecule has 3 aromatic carbocycles. The number of nitrogens with zero attached hydrogens (tertiary/aromatic N) is 2. The molecular formula is C42H50ClN2+. The molecule has 0 radical (unpaired) electrons. The second kappa shape index (κ2) is 13.0. The van der Waals surface area contributed by atoms with Crippen molar-refractivity contribution >= 4 is 39.5 Å². The van der Waals surface area contributed by atoms with E-state index in [4.69, 9.17) is 11.6 Å². The van der Waals surface area contributed by atoms with Crippen molar-refractivity contribution in [3.8, 4) is 0 Å². The molecule has 7 rings (SSSR count). The van der Waals surface area contributed by atoms with Crippen LogP contribution in [0.5, 0.6) is 0 Å². The van der Waals surface area contributed by atoms with Crippen LogP contribution in [0.2, 0.25) is 0 Å². The Morgan fingerprint density at radius 3 is 2.40 bits per heavy atom. The molecule has 234 valence electrons. The fourth-order valence-corrected chi connectivity index (χ4v) is 9.51. The Hall–Kier alpha value is -3.10. The van der Waals surface area contributed by atoms with Gasteiger partial charge in [0, 0.05) is 53.5 Å². The fourth-order valence-electron chi connectivity index (χ4n) is 9.42. The van der Waals surface area contributed by atoms with E-state index in [1.807, 2.05) is 0 Å². The number of hydrogen-bond acceptors (Lipinski definition) is 1. The van der Waals surface area contributed by atoms with E-state index in [0.29, 0.717) is 0 Å². The van der Waals surface area contributed by atoms with Gasteiger partial charge in [-0.1, -0.05) is 118 Å². The highest BCUT2D eigenvalue weighted by molar-refractivity contribution is 6.25. The van der Waals surface area contributed by atoms with Crippen molar-refractivity contribution in [1.82, 2.24) is 0 Å². The van der Waals surface area contributed by atoms with Gasteiger partial charge in [0.05, 0.1) is 5.41 Å². The van der Waals surface area contributed by atoms with Gasteiger partial charge in [-0.3, -0.25) is 0 Å². The standard InChI is InChI=1S/C42H50ClN2/c1-41(25-15-28-43)36-30-33-19-6-7-20-34(33)31-38(36)44(2)39(41)23-14-24-40-42(26-11-3-12-27-42)35-21-8-9-22-37(35)45(40)29-13-10-18-32-16-4-5-17-32/h6-9,14-15,19-24,28,30-32H,3-5,10-13,16-18,25-27,29H2,1-2H3/q+1/b28-15+. The first kappa shape index (κ1) is 30.5. The normalized spacial score (nSPS) is 23.9. The number of likely N-dealkylation sites (N-methyl/N-ethyl adjacent to an activating group) is 1. The van der Waals surface area contributed by atoms with Crippen LogP contribution >= 0.6 is 11.6 Å². The average molecular weight is 618 g/mol. The lowest BCUT2D eigenvalue weighted by molar-refractivity contribution is -0.438. The molecule has 2 nitrogen and oxygen atoms in total. The molecule has 0 N–H and O–H groups in total. The zero-order chi connectivity index (χ0) is 30.9. The van der Waals surface area contributed by atoms with E-state index in [-0.39, 0.29) is 10.8 Å². The van der Waals surface area contributed by atoms with Crippen LogP contribution in [0.15, 0.2) is 96.2 Å². The fraction of sp³-hybridized carbons (Fsp3) is 0.452. The number of fused-ring (bicyclic) bond motifs is 4. The lowest BCUT2D eigenvalue weighted by Crippen LogP contribution is -2.36. The van der Waals surface area contributed by atoms with Crippen molar-refractivity contribution in [2.24, 2.45) is 5.92 Å². The summed E-state index contributed by atoms with van der Waals surface area (Å²) in [6, 6.07) is 22.9. The van der Waals surface area contributed by atoms with E-state index in [9.17, 15) is 0 Å². The molecule has 0 aromatic heterocycles. The molecule has 3 heteroatoms. The number of benzene rings is 3. The zero-order valence-electron chi connectivity index (χ0n) is 27.4. The van der Waals surface area contributed by atoms with Crippen molar-refractivity contribution in [2.75, 3.05) is 18.5 Å². The number of halogens is 1. The highest BCUT2D eigenvalue weighted by Crippen LogP contribution is 2.52. The lowest BCUT2D eigenvalue weighted by atomic mass is 9.67. The van der Waals surface area contributed by atoms with E-state index in [0.717, 1.165) is 18.9 Å². The van der Waals surface area contributed by atoms with Gasteiger partial charge in [-0.05, 0) is 73.1 Å². The number of hydrogen-bond donors (Lipinski definition) is 0. The molecule has 1 atom stereocenters. The number of allylic oxidation sites excluding steroid dienone is 5. The van der Waals surface area contributed by atoms with E-state index >= 15 is 0 Å². The Kier molecular flexibility index (Phi) is 8.79. The number of rotatable bonds is 9. The molecule has 2 aliphatic carbocycles. The number of unbranched alkanes of at least 4 members (excludes halogenated alkanes) is 1. The Morgan fingerprint density at radius 1 is 0.889 bits per heavy atom. The van der Waals surface area contributed by atoms with Crippen molar-refractivity contribution in [2.45, 2.75) is 101 Å². The van der Waals surface area contributed by atoms with Crippen molar-refractivity contribution in [3.63, 3.8) is 0 Å². The number of para-hydroxylation sites is 1. The second-order valence-electron chi connectivity index (χ2n) is 14.4. The lowest BCUT2D eigenvalue weighted by Gasteiger charge is -2.31. The van der Waals surface area contributed by atoms with Crippen molar-refractivity contribution < 1.29 is 4.58 Å². The van der Waals surface area contributed by atoms with Crippen LogP contribution in [0, 0.1) is 5.92 Å². The SMILES string of the molecule is CN1C(=CC=CC2=[N+](CCCCC3CCCC3)c3ccccc3C23CCCCC3)C(C)(C/C=C/Cl)c2cc3ccccc3cc21. The first-order chi connectivity index (χ1) is 22.0. The number of anilines is 1. The van der Waals surface area contributed by atoms with E-state index in [1.165, 1.54) is 116 Å². The predicted octanol–water partition coefficient (Wildman–Crippen LogP) is 11.5. The largest absolute Gasteiger partial charge is 0.347 e. The molecule has 2 heterocycles. The van der Waals surface area contributed by atoms with Crippen LogP contribution in [-0.4, -0.2) is 23.9 Å². The van der Waals surface area contributed by atoms with Gasteiger partial charge in [-0.25, -0.2) is 0 Å². The Labute approximate surface area is 276 Å². The first-order valence-corrected chi connectivity index (χ1v) is 18.1. The van der Waals surface area contributed by atoms with Crippen LogP contribution in [0.1, 0.15) is 102 Å². The average Bonchev–Trinajstić information content (AvgIpc) is 3.73. The van der Waals surface area contributed by atoms with Gasteiger partial charge >= 0.3 is 0 Å². The summed E-state index contributed by atoms with van der Waals surface area (Å²) in [4.78, 5) is 2.42. The topological polar surface area (TPSA) is 6.25 Å². The van der Waals surface area contributed by atoms with Crippen molar-refractivity contribution in [3.05, 3.63) is 107 Å². The summed E-state index contributed by atoms with van der Waals surface area (Å²) in [7, 11) is 2.24. The van der Waals surface area contributed by atoms with Gasteiger partial charge in [0.25, 0.3) is 0 Å². The summed E-state index contributed by atoms with van der Waals surface area (Å²) in [6.07, 6.45) is 26.6. The highest BCUT2D eigenvalue weighted by Gasteiger charge is 2.51. The maximum absolute atomic E-state index is 6.13. The Bertz CT molecular complexity index is 1660. The van der Waals surface area contributed by atoms with Gasteiger partial charge in [-0.15, -0.1) is 0 Å². The molecule has 2 saturated carbocycles. The maximum atomic E-state index is 6.13. The molecular weight excluding hydrogens is 568 g/mol. The summed E-state index contributed by atoms with van der Waals surface area (Å²) >= 11 is 6.13. The summed E-state index contributed by atoms with van der Waals surface area (Å²) in [5, 5.41) is 2.59. The molecule has 0 saturated heterocycles. The van der Waals surface area contributed by atoms with Crippen LogP contribution in [0.4, 0.5) is 11.4 Å². The first-order valence-electron chi connectivity index (χ1n) is 17.7. The zero-order valence-corrected chi connectivity index (χ0v) is 28.2. The van der Waals surface area contributed by atoms with Crippen LogP contribution < -0.4 is 4.90 Å². The summed E-state index contributed by atoms with van der Waals surface area (Å²) in [5.41, 5.74) is 10.2. The van der Waals surface area contributed by atoms with Crippen LogP contribution in [-0.2, 0) is 10.8 Å². The molecule has 2 aliphatic heterocycles. The van der Waals surface area contributed by atoms with Gasteiger partial charge in [0.1, 0.15) is 6.54 Å². The molecule has 1 unspecified atom stereocenters. The molecule has 0 amide bonds. The predicted molar refractivity (Wildman–Crippen MR) is 193 cm³/mol. The summed E-state index contributed by atoms with van der Waals surface area (Å²) in [5.74, 6) is 0.976. The minimum absolute atomic E-state index is 0.141. The van der Waals surface area contributed by atoms with Crippen molar-refractivity contribution in [1.29, 1.82) is 0 Å².